The molecular weight excluding hydrogens is 216 g/mol. The van der Waals surface area contributed by atoms with E-state index < -0.39 is 5.60 Å². The van der Waals surface area contributed by atoms with Crippen molar-refractivity contribution in [3.63, 3.8) is 0 Å². The Balaban J connectivity index is 1.90. The van der Waals surface area contributed by atoms with Crippen LogP contribution in [0.1, 0.15) is 45.4 Å². The van der Waals surface area contributed by atoms with Crippen molar-refractivity contribution in [3.8, 4) is 0 Å². The van der Waals surface area contributed by atoms with Crippen LogP contribution >= 0.6 is 0 Å². The minimum Gasteiger partial charge on any atom is -0.390 e. The predicted octanol–water partition coefficient (Wildman–Crippen LogP) is 0.892. The predicted molar refractivity (Wildman–Crippen MR) is 66.7 cm³/mol. The molecule has 0 aromatic carbocycles. The van der Waals surface area contributed by atoms with Gasteiger partial charge in [-0.1, -0.05) is 6.42 Å². The monoisotopic (exact) mass is 240 g/mol. The van der Waals surface area contributed by atoms with Gasteiger partial charge in [-0.3, -0.25) is 4.79 Å². The van der Waals surface area contributed by atoms with E-state index in [-0.39, 0.29) is 11.9 Å². The molecule has 2 heterocycles. The molecule has 4 nitrogen and oxygen atoms in total. The molecule has 1 amide bonds. The highest BCUT2D eigenvalue weighted by molar-refractivity contribution is 5.82. The molecule has 17 heavy (non-hydrogen) atoms. The van der Waals surface area contributed by atoms with Crippen LogP contribution in [0.25, 0.3) is 0 Å². The molecule has 2 saturated heterocycles. The molecule has 2 N–H and O–H groups in total. The third-order valence-corrected chi connectivity index (χ3v) is 3.98. The van der Waals surface area contributed by atoms with E-state index in [0.717, 1.165) is 38.8 Å². The zero-order valence-corrected chi connectivity index (χ0v) is 10.7. The van der Waals surface area contributed by atoms with E-state index in [9.17, 15) is 9.90 Å². The van der Waals surface area contributed by atoms with Crippen molar-refractivity contribution in [3.05, 3.63) is 0 Å². The van der Waals surface area contributed by atoms with Crippen LogP contribution in [0.3, 0.4) is 0 Å². The normalized spacial score (nSPS) is 35.4. The number of carbonyl (C=O) groups excluding carboxylic acids is 1. The van der Waals surface area contributed by atoms with Crippen molar-refractivity contribution in [1.82, 2.24) is 10.2 Å². The first-order chi connectivity index (χ1) is 8.08. The third-order valence-electron chi connectivity index (χ3n) is 3.98. The summed E-state index contributed by atoms with van der Waals surface area (Å²) < 4.78 is 0. The SMILES string of the molecule is CC1(O)CCCN(C(=O)C2CCCCN2)CC1. The molecule has 0 spiro atoms. The van der Waals surface area contributed by atoms with Gasteiger partial charge < -0.3 is 15.3 Å². The molecule has 2 unspecified atom stereocenters. The molecule has 0 saturated carbocycles. The molecule has 0 aromatic rings. The lowest BCUT2D eigenvalue weighted by molar-refractivity contribution is -0.134. The second-order valence-corrected chi connectivity index (χ2v) is 5.68. The van der Waals surface area contributed by atoms with E-state index in [1.165, 1.54) is 6.42 Å². The lowest BCUT2D eigenvalue weighted by Gasteiger charge is -2.29. The highest BCUT2D eigenvalue weighted by Crippen LogP contribution is 2.22. The molecule has 4 heteroatoms. The van der Waals surface area contributed by atoms with Crippen LogP contribution in [0.5, 0.6) is 0 Å². The minimum atomic E-state index is -0.588. The van der Waals surface area contributed by atoms with Crippen LogP contribution in [0.2, 0.25) is 0 Å². The van der Waals surface area contributed by atoms with Gasteiger partial charge in [0.2, 0.25) is 5.91 Å². The maximum Gasteiger partial charge on any atom is 0.239 e. The maximum atomic E-state index is 12.3. The number of piperidine rings is 1. The summed E-state index contributed by atoms with van der Waals surface area (Å²) in [7, 11) is 0. The molecule has 0 aliphatic carbocycles. The van der Waals surface area contributed by atoms with Gasteiger partial charge in [-0.25, -0.2) is 0 Å². The molecule has 2 rings (SSSR count). The van der Waals surface area contributed by atoms with Crippen LogP contribution in [-0.4, -0.2) is 47.2 Å². The largest absolute Gasteiger partial charge is 0.390 e. The molecule has 0 radical (unpaired) electrons. The standard InChI is InChI=1S/C13H24N2O2/c1-13(17)6-4-9-15(10-7-13)12(16)11-5-2-3-8-14-11/h11,14,17H,2-10H2,1H3. The van der Waals surface area contributed by atoms with Gasteiger partial charge in [0.15, 0.2) is 0 Å². The smallest absolute Gasteiger partial charge is 0.239 e. The van der Waals surface area contributed by atoms with E-state index in [4.69, 9.17) is 0 Å². The van der Waals surface area contributed by atoms with Crippen LogP contribution in [0.15, 0.2) is 0 Å². The van der Waals surface area contributed by atoms with E-state index in [2.05, 4.69) is 5.32 Å². The van der Waals surface area contributed by atoms with E-state index in [1.807, 2.05) is 11.8 Å². The molecule has 98 valence electrons. The van der Waals surface area contributed by atoms with Gasteiger partial charge in [0.05, 0.1) is 11.6 Å². The fourth-order valence-electron chi connectivity index (χ4n) is 2.77. The zero-order chi connectivity index (χ0) is 12.3. The minimum absolute atomic E-state index is 0.0202. The Morgan fingerprint density at radius 2 is 2.12 bits per heavy atom. The fraction of sp³-hybridized carbons (Fsp3) is 0.923. The van der Waals surface area contributed by atoms with Gasteiger partial charge in [-0.15, -0.1) is 0 Å². The number of carbonyl (C=O) groups is 1. The average molecular weight is 240 g/mol. The molecule has 0 aromatic heterocycles. The van der Waals surface area contributed by atoms with Gasteiger partial charge >= 0.3 is 0 Å². The Bertz CT molecular complexity index is 273. The third kappa shape index (κ3) is 3.42. The van der Waals surface area contributed by atoms with Crippen molar-refractivity contribution in [2.75, 3.05) is 19.6 Å². The summed E-state index contributed by atoms with van der Waals surface area (Å²) in [6.07, 6.45) is 5.70. The van der Waals surface area contributed by atoms with E-state index in [1.54, 1.807) is 0 Å². The van der Waals surface area contributed by atoms with Crippen molar-refractivity contribution in [2.24, 2.45) is 0 Å². The number of likely N-dealkylation sites (tertiary alicyclic amines) is 1. The van der Waals surface area contributed by atoms with Crippen molar-refractivity contribution >= 4 is 5.91 Å². The van der Waals surface area contributed by atoms with Gasteiger partial charge in [-0.05, 0) is 45.6 Å². The lowest BCUT2D eigenvalue weighted by atomic mass is 9.98. The molecule has 2 atom stereocenters. The summed E-state index contributed by atoms with van der Waals surface area (Å²) in [5.41, 5.74) is -0.588. The summed E-state index contributed by atoms with van der Waals surface area (Å²) in [5, 5.41) is 13.3. The Labute approximate surface area is 103 Å². The highest BCUT2D eigenvalue weighted by atomic mass is 16.3. The summed E-state index contributed by atoms with van der Waals surface area (Å²) in [5.74, 6) is 0.238. The van der Waals surface area contributed by atoms with Crippen LogP contribution in [0, 0.1) is 0 Å². The number of hydrogen-bond acceptors (Lipinski definition) is 3. The van der Waals surface area contributed by atoms with Crippen LogP contribution in [-0.2, 0) is 4.79 Å². The summed E-state index contributed by atoms with van der Waals surface area (Å²) in [6, 6.07) is 0.0202. The fourth-order valence-corrected chi connectivity index (χ4v) is 2.77. The Morgan fingerprint density at radius 1 is 1.29 bits per heavy atom. The maximum absolute atomic E-state index is 12.3. The van der Waals surface area contributed by atoms with Gasteiger partial charge in [0.25, 0.3) is 0 Å². The number of rotatable bonds is 1. The van der Waals surface area contributed by atoms with E-state index in [0.29, 0.717) is 13.0 Å². The van der Waals surface area contributed by atoms with Gasteiger partial charge in [0, 0.05) is 13.1 Å². The average Bonchev–Trinajstić information content (AvgIpc) is 2.50. The Morgan fingerprint density at radius 3 is 2.82 bits per heavy atom. The van der Waals surface area contributed by atoms with Crippen molar-refractivity contribution < 1.29 is 9.90 Å². The van der Waals surface area contributed by atoms with Gasteiger partial charge in [0.1, 0.15) is 0 Å². The number of amides is 1. The van der Waals surface area contributed by atoms with E-state index >= 15 is 0 Å². The van der Waals surface area contributed by atoms with Crippen LogP contribution < -0.4 is 5.32 Å². The number of nitrogens with zero attached hydrogens (tertiary/aromatic N) is 1. The van der Waals surface area contributed by atoms with Gasteiger partial charge in [-0.2, -0.15) is 0 Å². The Kier molecular flexibility index (Phi) is 4.05. The first-order valence-electron chi connectivity index (χ1n) is 6.83. The summed E-state index contributed by atoms with van der Waals surface area (Å²) >= 11 is 0. The quantitative estimate of drug-likeness (QED) is 0.716. The van der Waals surface area contributed by atoms with Crippen molar-refractivity contribution in [1.29, 1.82) is 0 Å². The zero-order valence-electron chi connectivity index (χ0n) is 10.7. The first kappa shape index (κ1) is 12.8. The topological polar surface area (TPSA) is 52.6 Å². The summed E-state index contributed by atoms with van der Waals surface area (Å²) in [4.78, 5) is 14.2. The Hall–Kier alpha value is -0.610. The number of hydrogen-bond donors (Lipinski definition) is 2. The summed E-state index contributed by atoms with van der Waals surface area (Å²) in [6.45, 7) is 4.33. The number of nitrogens with one attached hydrogen (secondary N) is 1. The molecule has 2 aliphatic heterocycles. The first-order valence-corrected chi connectivity index (χ1v) is 6.83. The second kappa shape index (κ2) is 5.36. The van der Waals surface area contributed by atoms with Crippen LogP contribution in [0.4, 0.5) is 0 Å². The molecule has 2 aliphatic rings. The van der Waals surface area contributed by atoms with Crippen molar-refractivity contribution in [2.45, 2.75) is 57.1 Å². The molecule has 0 bridgehead atoms. The molecule has 2 fully saturated rings. The lowest BCUT2D eigenvalue weighted by Crippen LogP contribution is -2.49. The highest BCUT2D eigenvalue weighted by Gasteiger charge is 2.30. The number of aliphatic hydroxyl groups is 1. The second-order valence-electron chi connectivity index (χ2n) is 5.68. The molecular formula is C13H24N2O2.